The minimum Gasteiger partial charge on any atom is -0.280 e. The van der Waals surface area contributed by atoms with Crippen molar-refractivity contribution in [1.29, 1.82) is 0 Å². The van der Waals surface area contributed by atoms with Gasteiger partial charge in [-0.2, -0.15) is 0 Å². The number of nitrogens with one attached hydrogen (secondary N) is 1. The van der Waals surface area contributed by atoms with Crippen LogP contribution in [0.2, 0.25) is 0 Å². The van der Waals surface area contributed by atoms with Gasteiger partial charge >= 0.3 is 0 Å². The minimum absolute atomic E-state index is 0.107. The number of hydrogen-bond donors (Lipinski definition) is 2. The molecule has 2 aromatic rings. The summed E-state index contributed by atoms with van der Waals surface area (Å²) in [6, 6.07) is 12.0. The Morgan fingerprint density at radius 1 is 1.00 bits per heavy atom. The monoisotopic (exact) mass is 368 g/mol. The number of primary sulfonamides is 1. The highest BCUT2D eigenvalue weighted by Crippen LogP contribution is 2.22. The summed E-state index contributed by atoms with van der Waals surface area (Å²) >= 11 is 0. The molecule has 1 unspecified atom stereocenters. The molecule has 2 aromatic carbocycles. The van der Waals surface area contributed by atoms with Gasteiger partial charge in [0.2, 0.25) is 10.0 Å². The van der Waals surface area contributed by atoms with E-state index in [-0.39, 0.29) is 15.5 Å². The predicted molar refractivity (Wildman–Crippen MR) is 93.8 cm³/mol. The Morgan fingerprint density at radius 2 is 1.62 bits per heavy atom. The van der Waals surface area contributed by atoms with Gasteiger partial charge in [-0.05, 0) is 48.2 Å². The van der Waals surface area contributed by atoms with Crippen molar-refractivity contribution >= 4 is 25.7 Å². The summed E-state index contributed by atoms with van der Waals surface area (Å²) in [5.41, 5.74) is 1.19. The number of benzene rings is 2. The van der Waals surface area contributed by atoms with Crippen LogP contribution in [-0.4, -0.2) is 16.8 Å². The molecule has 0 bridgehead atoms. The Bertz CT molecular complexity index is 921. The summed E-state index contributed by atoms with van der Waals surface area (Å²) in [5, 5.41) is 5.05. The van der Waals surface area contributed by atoms with Crippen molar-refractivity contribution in [2.24, 2.45) is 5.14 Å². The second-order valence-electron chi connectivity index (χ2n) is 5.56. The first-order valence-corrected chi connectivity index (χ1v) is 10.4. The van der Waals surface area contributed by atoms with Crippen LogP contribution in [0.1, 0.15) is 31.7 Å². The lowest BCUT2D eigenvalue weighted by atomic mass is 9.99. The molecule has 8 heteroatoms. The lowest BCUT2D eigenvalue weighted by molar-refractivity contribution is 0.596. The van der Waals surface area contributed by atoms with Crippen LogP contribution in [-0.2, 0) is 20.0 Å². The van der Waals surface area contributed by atoms with Gasteiger partial charge in [0.05, 0.1) is 15.5 Å². The summed E-state index contributed by atoms with van der Waals surface area (Å²) in [6.07, 6.45) is 0.963. The molecule has 0 saturated heterocycles. The molecule has 0 spiro atoms. The molecular formula is C16H20N2O4S2. The third-order valence-corrected chi connectivity index (χ3v) is 6.09. The Kier molecular flexibility index (Phi) is 5.32. The molecule has 0 aliphatic rings. The number of rotatable bonds is 6. The molecule has 0 heterocycles. The molecule has 24 heavy (non-hydrogen) atoms. The van der Waals surface area contributed by atoms with Crippen LogP contribution >= 0.6 is 0 Å². The largest absolute Gasteiger partial charge is 0.280 e. The lowest BCUT2D eigenvalue weighted by Gasteiger charge is -2.12. The van der Waals surface area contributed by atoms with Crippen molar-refractivity contribution in [3.05, 3.63) is 54.1 Å². The van der Waals surface area contributed by atoms with E-state index in [4.69, 9.17) is 5.14 Å². The van der Waals surface area contributed by atoms with E-state index in [1.165, 1.54) is 36.4 Å². The van der Waals surface area contributed by atoms with Crippen LogP contribution in [0.3, 0.4) is 0 Å². The second kappa shape index (κ2) is 6.92. The van der Waals surface area contributed by atoms with E-state index in [9.17, 15) is 16.8 Å². The van der Waals surface area contributed by atoms with Gasteiger partial charge in [0.25, 0.3) is 10.0 Å². The van der Waals surface area contributed by atoms with Gasteiger partial charge in [0.15, 0.2) is 0 Å². The average molecular weight is 368 g/mol. The summed E-state index contributed by atoms with van der Waals surface area (Å²) in [7, 11) is -7.71. The highest BCUT2D eigenvalue weighted by Gasteiger charge is 2.16. The molecule has 0 fully saturated rings. The van der Waals surface area contributed by atoms with Gasteiger partial charge in [0.1, 0.15) is 0 Å². The summed E-state index contributed by atoms with van der Waals surface area (Å²) in [6.45, 7) is 4.13. The molecule has 6 nitrogen and oxygen atoms in total. The minimum atomic E-state index is -3.90. The highest BCUT2D eigenvalue weighted by atomic mass is 32.2. The van der Waals surface area contributed by atoms with Crippen LogP contribution in [0.4, 0.5) is 5.69 Å². The van der Waals surface area contributed by atoms with Crippen molar-refractivity contribution < 1.29 is 16.8 Å². The van der Waals surface area contributed by atoms with Crippen LogP contribution in [0, 0.1) is 0 Å². The number of anilines is 1. The fraction of sp³-hybridized carbons (Fsp3) is 0.250. The number of nitrogens with two attached hydrogens (primary N) is 1. The highest BCUT2D eigenvalue weighted by molar-refractivity contribution is 7.92. The maximum absolute atomic E-state index is 12.4. The van der Waals surface area contributed by atoms with Gasteiger partial charge in [0, 0.05) is 0 Å². The van der Waals surface area contributed by atoms with Crippen molar-refractivity contribution in [3.8, 4) is 0 Å². The molecule has 0 aromatic heterocycles. The van der Waals surface area contributed by atoms with E-state index < -0.39 is 20.0 Å². The van der Waals surface area contributed by atoms with Gasteiger partial charge in [-0.3, -0.25) is 4.72 Å². The Hall–Kier alpha value is -1.90. The van der Waals surface area contributed by atoms with Crippen LogP contribution in [0.25, 0.3) is 0 Å². The average Bonchev–Trinajstić information content (AvgIpc) is 2.53. The Labute approximate surface area is 142 Å². The third-order valence-electron chi connectivity index (χ3n) is 3.79. The maximum Gasteiger partial charge on any atom is 0.261 e. The van der Waals surface area contributed by atoms with Crippen molar-refractivity contribution in [3.63, 3.8) is 0 Å². The van der Waals surface area contributed by atoms with Crippen LogP contribution in [0.15, 0.2) is 58.3 Å². The van der Waals surface area contributed by atoms with Crippen LogP contribution in [0.5, 0.6) is 0 Å². The van der Waals surface area contributed by atoms with Gasteiger partial charge in [-0.25, -0.2) is 22.0 Å². The first-order chi connectivity index (χ1) is 11.1. The summed E-state index contributed by atoms with van der Waals surface area (Å²) in [5.74, 6) is 0.348. The summed E-state index contributed by atoms with van der Waals surface area (Å²) in [4.78, 5) is -0.0506. The van der Waals surface area contributed by atoms with E-state index in [0.29, 0.717) is 5.92 Å². The molecule has 0 radical (unpaired) electrons. The zero-order valence-electron chi connectivity index (χ0n) is 13.4. The second-order valence-corrected chi connectivity index (χ2v) is 8.80. The molecule has 130 valence electrons. The molecule has 0 saturated carbocycles. The number of hydrogen-bond acceptors (Lipinski definition) is 4. The van der Waals surface area contributed by atoms with E-state index in [1.54, 1.807) is 12.1 Å². The van der Waals surface area contributed by atoms with Crippen molar-refractivity contribution in [1.82, 2.24) is 0 Å². The van der Waals surface area contributed by atoms with E-state index in [1.807, 2.05) is 0 Å². The molecule has 3 N–H and O–H groups in total. The lowest BCUT2D eigenvalue weighted by Crippen LogP contribution is -2.15. The maximum atomic E-state index is 12.4. The molecular weight excluding hydrogens is 348 g/mol. The van der Waals surface area contributed by atoms with E-state index in [0.717, 1.165) is 12.0 Å². The first-order valence-electron chi connectivity index (χ1n) is 7.39. The third kappa shape index (κ3) is 4.34. The Morgan fingerprint density at radius 3 is 2.17 bits per heavy atom. The Balaban J connectivity index is 2.29. The zero-order valence-corrected chi connectivity index (χ0v) is 15.1. The normalized spacial score (nSPS) is 13.5. The SMILES string of the molecule is CCC(C)c1ccc(S(=O)(=O)Nc2cccc(S(N)(=O)=O)c2)cc1. The molecule has 0 aliphatic heterocycles. The van der Waals surface area contributed by atoms with Gasteiger partial charge in [-0.1, -0.05) is 32.0 Å². The van der Waals surface area contributed by atoms with Crippen molar-refractivity contribution in [2.75, 3.05) is 4.72 Å². The summed E-state index contributed by atoms with van der Waals surface area (Å²) < 4.78 is 49.9. The quantitative estimate of drug-likeness (QED) is 0.817. The fourth-order valence-corrected chi connectivity index (χ4v) is 3.77. The van der Waals surface area contributed by atoms with Crippen molar-refractivity contribution in [2.45, 2.75) is 36.0 Å². The van der Waals surface area contributed by atoms with Crippen LogP contribution < -0.4 is 9.86 Å². The van der Waals surface area contributed by atoms with Gasteiger partial charge in [-0.15, -0.1) is 0 Å². The van der Waals surface area contributed by atoms with E-state index in [2.05, 4.69) is 18.6 Å². The molecule has 1 atom stereocenters. The number of sulfonamides is 2. The molecule has 0 aliphatic carbocycles. The van der Waals surface area contributed by atoms with E-state index >= 15 is 0 Å². The smallest absolute Gasteiger partial charge is 0.261 e. The topological polar surface area (TPSA) is 106 Å². The fourth-order valence-electron chi connectivity index (χ4n) is 2.16. The standard InChI is InChI=1S/C16H20N2O4S2/c1-3-12(2)13-7-9-15(10-8-13)24(21,22)18-14-5-4-6-16(11-14)23(17,19)20/h4-12,18H,3H2,1-2H3,(H2,17,19,20). The molecule has 2 rings (SSSR count). The zero-order chi connectivity index (χ0) is 18.0. The first kappa shape index (κ1) is 18.4. The molecule has 0 amide bonds. The van der Waals surface area contributed by atoms with Gasteiger partial charge < -0.3 is 0 Å². The predicted octanol–water partition coefficient (Wildman–Crippen LogP) is 2.65.